The van der Waals surface area contributed by atoms with E-state index in [0.29, 0.717) is 5.91 Å². The van der Waals surface area contributed by atoms with Gasteiger partial charge in [-0.05, 0) is 43.7 Å². The van der Waals surface area contributed by atoms with Crippen molar-refractivity contribution in [3.63, 3.8) is 0 Å². The molecule has 0 saturated carbocycles. The molecular formula is C16H25ClN2O2S. The molecule has 2 saturated heterocycles. The minimum Gasteiger partial charge on any atom is -0.376 e. The largest absolute Gasteiger partial charge is 0.376 e. The third kappa shape index (κ3) is 4.69. The van der Waals surface area contributed by atoms with Crippen molar-refractivity contribution < 1.29 is 9.53 Å². The fraction of sp³-hybridized carbons (Fsp3) is 0.688. The van der Waals surface area contributed by atoms with Crippen molar-refractivity contribution in [2.24, 2.45) is 5.92 Å². The van der Waals surface area contributed by atoms with Crippen molar-refractivity contribution in [2.45, 2.75) is 38.3 Å². The van der Waals surface area contributed by atoms with Crippen LogP contribution in [0.2, 0.25) is 0 Å². The number of rotatable bonds is 5. The van der Waals surface area contributed by atoms with E-state index in [4.69, 9.17) is 4.74 Å². The molecule has 2 atom stereocenters. The van der Waals surface area contributed by atoms with E-state index in [9.17, 15) is 4.79 Å². The topological polar surface area (TPSA) is 41.6 Å². The highest BCUT2D eigenvalue weighted by molar-refractivity contribution is 7.09. The number of amides is 1. The fourth-order valence-corrected chi connectivity index (χ4v) is 3.90. The number of carbonyl (C=O) groups is 1. The minimum atomic E-state index is 0. The lowest BCUT2D eigenvalue weighted by atomic mass is 9.98. The van der Waals surface area contributed by atoms with Crippen molar-refractivity contribution in [1.29, 1.82) is 0 Å². The van der Waals surface area contributed by atoms with Crippen LogP contribution in [0.5, 0.6) is 0 Å². The number of hydrogen-bond donors (Lipinski definition) is 1. The summed E-state index contributed by atoms with van der Waals surface area (Å²) in [7, 11) is 0. The van der Waals surface area contributed by atoms with E-state index < -0.39 is 0 Å². The van der Waals surface area contributed by atoms with E-state index in [1.54, 1.807) is 11.3 Å². The van der Waals surface area contributed by atoms with E-state index in [1.165, 1.54) is 4.88 Å². The van der Waals surface area contributed by atoms with Crippen molar-refractivity contribution in [3.8, 4) is 0 Å². The molecule has 0 aromatic carbocycles. The molecule has 1 unspecified atom stereocenters. The van der Waals surface area contributed by atoms with Crippen LogP contribution in [0, 0.1) is 5.92 Å². The monoisotopic (exact) mass is 344 g/mol. The number of hydrogen-bond acceptors (Lipinski definition) is 4. The Kier molecular flexibility index (Phi) is 7.15. The third-order valence-electron chi connectivity index (χ3n) is 4.33. The molecule has 2 aliphatic heterocycles. The lowest BCUT2D eigenvalue weighted by molar-refractivity contribution is -0.138. The van der Waals surface area contributed by atoms with Gasteiger partial charge in [0.05, 0.1) is 18.6 Å². The number of nitrogens with zero attached hydrogens (tertiary/aromatic N) is 1. The van der Waals surface area contributed by atoms with Crippen LogP contribution in [0.1, 0.15) is 30.6 Å². The summed E-state index contributed by atoms with van der Waals surface area (Å²) in [6.07, 6.45) is 4.54. The van der Waals surface area contributed by atoms with Crippen LogP contribution in [-0.4, -0.2) is 43.2 Å². The smallest absolute Gasteiger partial charge is 0.227 e. The highest BCUT2D eigenvalue weighted by Crippen LogP contribution is 2.21. The van der Waals surface area contributed by atoms with Crippen LogP contribution >= 0.6 is 23.7 Å². The van der Waals surface area contributed by atoms with Crippen LogP contribution in [-0.2, 0) is 16.1 Å². The van der Waals surface area contributed by atoms with Gasteiger partial charge in [-0.1, -0.05) is 6.07 Å². The molecule has 22 heavy (non-hydrogen) atoms. The van der Waals surface area contributed by atoms with Gasteiger partial charge in [0.1, 0.15) is 0 Å². The maximum Gasteiger partial charge on any atom is 0.227 e. The van der Waals surface area contributed by atoms with Gasteiger partial charge in [-0.25, -0.2) is 0 Å². The zero-order chi connectivity index (χ0) is 14.5. The highest BCUT2D eigenvalue weighted by Gasteiger charge is 2.29. The summed E-state index contributed by atoms with van der Waals surface area (Å²) < 4.78 is 5.73. The standard InChI is InChI=1S/C16H24N2O2S.ClH/c19-16(13-4-1-7-17-10-13)18(11-14-5-2-8-20-14)12-15-6-3-9-21-15;/h3,6,9,13-14,17H,1-2,4-5,7-8,10-12H2;1H/t13-,14?;/m1./s1. The number of ether oxygens (including phenoxy) is 1. The first-order valence-corrected chi connectivity index (χ1v) is 8.84. The van der Waals surface area contributed by atoms with Crippen LogP contribution in [0.3, 0.4) is 0 Å². The van der Waals surface area contributed by atoms with Crippen molar-refractivity contribution in [2.75, 3.05) is 26.2 Å². The number of thiophene rings is 1. The summed E-state index contributed by atoms with van der Waals surface area (Å²) in [5.41, 5.74) is 0. The molecule has 124 valence electrons. The van der Waals surface area contributed by atoms with E-state index in [0.717, 1.165) is 58.5 Å². The average Bonchev–Trinajstić information content (AvgIpc) is 3.20. The maximum atomic E-state index is 12.8. The normalized spacial score (nSPS) is 24.7. The molecule has 3 heterocycles. The molecule has 1 N–H and O–H groups in total. The number of nitrogens with one attached hydrogen (secondary N) is 1. The third-order valence-corrected chi connectivity index (χ3v) is 5.19. The van der Waals surface area contributed by atoms with Crippen molar-refractivity contribution >= 4 is 29.7 Å². The van der Waals surface area contributed by atoms with Crippen molar-refractivity contribution in [1.82, 2.24) is 10.2 Å². The SMILES string of the molecule is Cl.O=C([C@@H]1CCCNC1)N(Cc1cccs1)CC1CCCO1. The molecule has 3 rings (SSSR count). The summed E-state index contributed by atoms with van der Waals surface area (Å²) in [4.78, 5) is 16.1. The second-order valence-electron chi connectivity index (χ2n) is 5.98. The Labute approximate surface area is 142 Å². The molecule has 0 aliphatic carbocycles. The van der Waals surface area contributed by atoms with Gasteiger partial charge in [-0.2, -0.15) is 0 Å². The molecule has 4 nitrogen and oxygen atoms in total. The highest BCUT2D eigenvalue weighted by atomic mass is 35.5. The molecule has 1 aromatic rings. The zero-order valence-corrected chi connectivity index (χ0v) is 14.5. The molecule has 1 amide bonds. The van der Waals surface area contributed by atoms with Gasteiger partial charge in [0.15, 0.2) is 0 Å². The van der Waals surface area contributed by atoms with Gasteiger partial charge in [0, 0.05) is 24.6 Å². The summed E-state index contributed by atoms with van der Waals surface area (Å²) in [6.45, 7) is 4.18. The Bertz CT molecular complexity index is 443. The molecule has 0 spiro atoms. The van der Waals surface area contributed by atoms with Gasteiger partial charge < -0.3 is 15.0 Å². The molecule has 0 radical (unpaired) electrons. The van der Waals surface area contributed by atoms with E-state index in [1.807, 2.05) is 4.90 Å². The molecule has 1 aromatic heterocycles. The second kappa shape index (κ2) is 8.87. The van der Waals surface area contributed by atoms with Crippen LogP contribution in [0.15, 0.2) is 17.5 Å². The quantitative estimate of drug-likeness (QED) is 0.893. The molecule has 0 bridgehead atoms. The first-order valence-electron chi connectivity index (χ1n) is 7.96. The number of carbonyl (C=O) groups excluding carboxylic acids is 1. The molecule has 2 aliphatic rings. The van der Waals surface area contributed by atoms with Crippen LogP contribution in [0.4, 0.5) is 0 Å². The number of piperidine rings is 1. The van der Waals surface area contributed by atoms with Gasteiger partial charge in [0.2, 0.25) is 5.91 Å². The van der Waals surface area contributed by atoms with Gasteiger partial charge in [0.25, 0.3) is 0 Å². The Morgan fingerprint density at radius 3 is 2.95 bits per heavy atom. The maximum absolute atomic E-state index is 12.8. The second-order valence-corrected chi connectivity index (χ2v) is 7.01. The van der Waals surface area contributed by atoms with Gasteiger partial charge >= 0.3 is 0 Å². The molecule has 2 fully saturated rings. The van der Waals surface area contributed by atoms with Crippen molar-refractivity contribution in [3.05, 3.63) is 22.4 Å². The number of halogens is 1. The Balaban J connectivity index is 0.00000176. The first kappa shape index (κ1) is 17.7. The lowest BCUT2D eigenvalue weighted by Crippen LogP contribution is -2.45. The van der Waals surface area contributed by atoms with Crippen LogP contribution < -0.4 is 5.32 Å². The lowest BCUT2D eigenvalue weighted by Gasteiger charge is -2.31. The van der Waals surface area contributed by atoms with Gasteiger partial charge in [-0.15, -0.1) is 23.7 Å². The van der Waals surface area contributed by atoms with E-state index >= 15 is 0 Å². The van der Waals surface area contributed by atoms with Gasteiger partial charge in [-0.3, -0.25) is 4.79 Å². The summed E-state index contributed by atoms with van der Waals surface area (Å²) in [5.74, 6) is 0.436. The summed E-state index contributed by atoms with van der Waals surface area (Å²) in [6, 6.07) is 4.16. The Hall–Kier alpha value is -0.620. The Morgan fingerprint density at radius 2 is 2.32 bits per heavy atom. The van der Waals surface area contributed by atoms with E-state index in [2.05, 4.69) is 22.8 Å². The average molecular weight is 345 g/mol. The summed E-state index contributed by atoms with van der Waals surface area (Å²) in [5, 5.41) is 5.42. The minimum absolute atomic E-state index is 0. The fourth-order valence-electron chi connectivity index (χ4n) is 3.18. The zero-order valence-electron chi connectivity index (χ0n) is 12.8. The molecule has 6 heteroatoms. The predicted octanol–water partition coefficient (Wildman–Crippen LogP) is 2.68. The summed E-state index contributed by atoms with van der Waals surface area (Å²) >= 11 is 1.72. The predicted molar refractivity (Wildman–Crippen MR) is 91.6 cm³/mol. The molecular weight excluding hydrogens is 320 g/mol. The van der Waals surface area contributed by atoms with E-state index in [-0.39, 0.29) is 24.4 Å². The Morgan fingerprint density at radius 1 is 1.41 bits per heavy atom. The van der Waals surface area contributed by atoms with Crippen LogP contribution in [0.25, 0.3) is 0 Å². The first-order chi connectivity index (χ1) is 10.3.